The number of carbonyl (C=O) groups excluding carboxylic acids is 1. The Bertz CT molecular complexity index is 753. The molecular weight excluding hydrogens is 304 g/mol. The molecule has 0 aromatic carbocycles. The number of aromatic nitrogens is 4. The number of likely N-dealkylation sites (N-methyl/N-ethyl adjacent to an activating group) is 1. The van der Waals surface area contributed by atoms with Crippen LogP contribution >= 0.6 is 11.8 Å². The van der Waals surface area contributed by atoms with Crippen LogP contribution in [0.5, 0.6) is 0 Å². The molecule has 22 heavy (non-hydrogen) atoms. The highest BCUT2D eigenvalue weighted by Crippen LogP contribution is 2.32. The third-order valence-electron chi connectivity index (χ3n) is 3.55. The summed E-state index contributed by atoms with van der Waals surface area (Å²) in [5.74, 6) is 0.642. The Morgan fingerprint density at radius 3 is 3.18 bits per heavy atom. The Morgan fingerprint density at radius 1 is 1.59 bits per heavy atom. The van der Waals surface area contributed by atoms with E-state index >= 15 is 0 Å². The van der Waals surface area contributed by atoms with Gasteiger partial charge in [-0.1, -0.05) is 11.8 Å². The second kappa shape index (κ2) is 6.09. The van der Waals surface area contributed by atoms with E-state index in [1.165, 1.54) is 18.0 Å². The van der Waals surface area contributed by atoms with Crippen molar-refractivity contribution in [3.05, 3.63) is 16.6 Å². The van der Waals surface area contributed by atoms with Crippen LogP contribution in [0, 0.1) is 0 Å². The first-order valence-corrected chi connectivity index (χ1v) is 8.04. The van der Waals surface area contributed by atoms with Crippen molar-refractivity contribution in [3.63, 3.8) is 0 Å². The SMILES string of the molecule is CN(C)CCNC(=O)CC1CSc2nc3[nH]ncc3c(=O)n21. The van der Waals surface area contributed by atoms with Gasteiger partial charge >= 0.3 is 0 Å². The van der Waals surface area contributed by atoms with E-state index in [-0.39, 0.29) is 17.5 Å². The largest absolute Gasteiger partial charge is 0.355 e. The van der Waals surface area contributed by atoms with Gasteiger partial charge in [0.05, 0.1) is 12.2 Å². The van der Waals surface area contributed by atoms with E-state index in [9.17, 15) is 9.59 Å². The summed E-state index contributed by atoms with van der Waals surface area (Å²) < 4.78 is 1.62. The molecule has 0 bridgehead atoms. The summed E-state index contributed by atoms with van der Waals surface area (Å²) in [6.45, 7) is 1.39. The van der Waals surface area contributed by atoms with Crippen LogP contribution in [-0.4, -0.2) is 63.5 Å². The smallest absolute Gasteiger partial charge is 0.265 e. The summed E-state index contributed by atoms with van der Waals surface area (Å²) in [5, 5.41) is 10.6. The number of H-pyrrole nitrogens is 1. The molecule has 0 spiro atoms. The molecule has 1 aliphatic rings. The number of nitrogens with zero attached hydrogens (tertiary/aromatic N) is 4. The number of nitrogens with one attached hydrogen (secondary N) is 2. The summed E-state index contributed by atoms with van der Waals surface area (Å²) in [6, 6.07) is -0.154. The van der Waals surface area contributed by atoms with Gasteiger partial charge in [-0.2, -0.15) is 5.10 Å². The fraction of sp³-hybridized carbons (Fsp3) is 0.538. The van der Waals surface area contributed by atoms with Gasteiger partial charge in [-0.15, -0.1) is 0 Å². The van der Waals surface area contributed by atoms with Crippen molar-refractivity contribution in [2.24, 2.45) is 0 Å². The maximum atomic E-state index is 12.5. The minimum absolute atomic E-state index is 0.0421. The molecule has 0 saturated heterocycles. The zero-order valence-corrected chi connectivity index (χ0v) is 13.3. The predicted octanol–water partition coefficient (Wildman–Crippen LogP) is -0.166. The van der Waals surface area contributed by atoms with Crippen molar-refractivity contribution in [1.82, 2.24) is 30.0 Å². The predicted molar refractivity (Wildman–Crippen MR) is 84.1 cm³/mol. The number of fused-ring (bicyclic) bond motifs is 2. The third kappa shape index (κ3) is 2.86. The fourth-order valence-electron chi connectivity index (χ4n) is 2.41. The number of thioether (sulfide) groups is 1. The van der Waals surface area contributed by atoms with Gasteiger partial charge in [0.2, 0.25) is 5.91 Å². The average Bonchev–Trinajstić information content (AvgIpc) is 3.06. The summed E-state index contributed by atoms with van der Waals surface area (Å²) in [4.78, 5) is 30.9. The average molecular weight is 322 g/mol. The van der Waals surface area contributed by atoms with Crippen LogP contribution in [-0.2, 0) is 4.79 Å². The molecule has 1 aliphatic heterocycles. The van der Waals surface area contributed by atoms with E-state index in [0.717, 1.165) is 6.54 Å². The lowest BCUT2D eigenvalue weighted by Gasteiger charge is -2.14. The van der Waals surface area contributed by atoms with Gasteiger partial charge in [-0.3, -0.25) is 19.3 Å². The van der Waals surface area contributed by atoms with Crippen molar-refractivity contribution >= 4 is 28.7 Å². The molecule has 0 fully saturated rings. The standard InChI is InChI=1S/C13H18N6O2S/c1-18(2)4-3-14-10(20)5-8-7-22-13-16-11-9(6-15-17-11)12(21)19(8)13/h6,8H,3-5,7H2,1-2H3,(H,14,20)(H,15,17). The van der Waals surface area contributed by atoms with Crippen molar-refractivity contribution in [3.8, 4) is 0 Å². The van der Waals surface area contributed by atoms with Crippen LogP contribution in [0.3, 0.4) is 0 Å². The third-order valence-corrected chi connectivity index (χ3v) is 4.65. The molecule has 0 aliphatic carbocycles. The van der Waals surface area contributed by atoms with Crippen LogP contribution < -0.4 is 10.9 Å². The molecule has 118 valence electrons. The van der Waals surface area contributed by atoms with Crippen molar-refractivity contribution in [2.75, 3.05) is 32.9 Å². The first-order valence-electron chi connectivity index (χ1n) is 7.06. The minimum atomic E-state index is -0.154. The van der Waals surface area contributed by atoms with E-state index in [2.05, 4.69) is 20.5 Å². The minimum Gasteiger partial charge on any atom is -0.355 e. The number of amides is 1. The Balaban J connectivity index is 1.74. The van der Waals surface area contributed by atoms with Gasteiger partial charge in [0.25, 0.3) is 5.56 Å². The maximum absolute atomic E-state index is 12.5. The molecule has 0 saturated carbocycles. The number of hydrogen-bond donors (Lipinski definition) is 2. The zero-order chi connectivity index (χ0) is 15.7. The van der Waals surface area contributed by atoms with E-state index in [4.69, 9.17) is 0 Å². The van der Waals surface area contributed by atoms with Gasteiger partial charge < -0.3 is 10.2 Å². The Labute approximate surface area is 131 Å². The molecule has 2 aromatic rings. The lowest BCUT2D eigenvalue weighted by molar-refractivity contribution is -0.121. The van der Waals surface area contributed by atoms with Crippen molar-refractivity contribution in [2.45, 2.75) is 17.6 Å². The molecule has 9 heteroatoms. The Morgan fingerprint density at radius 2 is 2.41 bits per heavy atom. The van der Waals surface area contributed by atoms with Gasteiger partial charge in [-0.05, 0) is 14.1 Å². The molecule has 2 N–H and O–H groups in total. The van der Waals surface area contributed by atoms with Gasteiger partial charge in [-0.25, -0.2) is 4.98 Å². The van der Waals surface area contributed by atoms with Crippen LogP contribution in [0.15, 0.2) is 16.1 Å². The number of aromatic amines is 1. The molecule has 1 unspecified atom stereocenters. The number of carbonyl (C=O) groups is 1. The van der Waals surface area contributed by atoms with E-state index in [1.54, 1.807) is 4.57 Å². The zero-order valence-electron chi connectivity index (χ0n) is 12.5. The molecule has 3 rings (SSSR count). The van der Waals surface area contributed by atoms with E-state index < -0.39 is 0 Å². The molecule has 2 aromatic heterocycles. The highest BCUT2D eigenvalue weighted by Gasteiger charge is 2.28. The molecule has 1 atom stereocenters. The lowest BCUT2D eigenvalue weighted by Crippen LogP contribution is -2.34. The van der Waals surface area contributed by atoms with Gasteiger partial charge in [0.1, 0.15) is 5.39 Å². The molecule has 3 heterocycles. The van der Waals surface area contributed by atoms with Crippen LogP contribution in [0.4, 0.5) is 0 Å². The van der Waals surface area contributed by atoms with Crippen LogP contribution in [0.1, 0.15) is 12.5 Å². The van der Waals surface area contributed by atoms with E-state index in [0.29, 0.717) is 34.9 Å². The Kier molecular flexibility index (Phi) is 4.16. The normalized spacial score (nSPS) is 17.1. The maximum Gasteiger partial charge on any atom is 0.265 e. The fourth-order valence-corrected chi connectivity index (χ4v) is 3.55. The van der Waals surface area contributed by atoms with Crippen molar-refractivity contribution < 1.29 is 4.79 Å². The highest BCUT2D eigenvalue weighted by molar-refractivity contribution is 7.99. The first kappa shape index (κ1) is 15.0. The lowest BCUT2D eigenvalue weighted by atomic mass is 10.2. The summed E-state index contributed by atoms with van der Waals surface area (Å²) in [7, 11) is 3.91. The number of rotatable bonds is 5. The first-order chi connectivity index (χ1) is 10.6. The molecule has 1 amide bonds. The topological polar surface area (TPSA) is 95.9 Å². The summed E-state index contributed by atoms with van der Waals surface area (Å²) in [5.41, 5.74) is 0.365. The van der Waals surface area contributed by atoms with Crippen LogP contribution in [0.2, 0.25) is 0 Å². The van der Waals surface area contributed by atoms with E-state index in [1.807, 2.05) is 19.0 Å². The highest BCUT2D eigenvalue weighted by atomic mass is 32.2. The Hall–Kier alpha value is -1.87. The second-order valence-corrected chi connectivity index (χ2v) is 6.51. The number of hydrogen-bond acceptors (Lipinski definition) is 6. The molecule has 0 radical (unpaired) electrons. The molecular formula is C13H18N6O2S. The molecule has 8 nitrogen and oxygen atoms in total. The van der Waals surface area contributed by atoms with Crippen LogP contribution in [0.25, 0.3) is 11.0 Å². The van der Waals surface area contributed by atoms with Crippen molar-refractivity contribution in [1.29, 1.82) is 0 Å². The summed E-state index contributed by atoms with van der Waals surface area (Å²) >= 11 is 1.49. The quantitative estimate of drug-likeness (QED) is 0.742. The van der Waals surface area contributed by atoms with Gasteiger partial charge in [0, 0.05) is 25.3 Å². The second-order valence-electron chi connectivity index (χ2n) is 5.52. The summed E-state index contributed by atoms with van der Waals surface area (Å²) in [6.07, 6.45) is 1.77. The van der Waals surface area contributed by atoms with Gasteiger partial charge in [0.15, 0.2) is 10.8 Å². The monoisotopic (exact) mass is 322 g/mol.